The molecule has 0 saturated carbocycles. The van der Waals surface area contributed by atoms with Gasteiger partial charge in [0.25, 0.3) is 5.91 Å². The summed E-state index contributed by atoms with van der Waals surface area (Å²) in [5, 5.41) is 3.54. The van der Waals surface area contributed by atoms with Gasteiger partial charge in [0.15, 0.2) is 5.69 Å². The predicted octanol–water partition coefficient (Wildman–Crippen LogP) is 2.51. The van der Waals surface area contributed by atoms with Gasteiger partial charge in [0.1, 0.15) is 18.1 Å². The third-order valence-corrected chi connectivity index (χ3v) is 4.18. The van der Waals surface area contributed by atoms with E-state index < -0.39 is 30.0 Å². The molecule has 2 heterocycles. The zero-order chi connectivity index (χ0) is 19.6. The van der Waals surface area contributed by atoms with Gasteiger partial charge >= 0.3 is 6.18 Å². The highest BCUT2D eigenvalue weighted by atomic mass is 19.4. The molecule has 146 valence electrons. The van der Waals surface area contributed by atoms with Crippen LogP contribution in [0.15, 0.2) is 24.3 Å². The number of aromatic nitrogens is 2. The molecular weight excluding hydrogens is 368 g/mol. The van der Waals surface area contributed by atoms with E-state index in [1.165, 1.54) is 0 Å². The fraction of sp³-hybridized carbons (Fsp3) is 0.412. The van der Waals surface area contributed by atoms with Crippen molar-refractivity contribution in [2.45, 2.75) is 25.9 Å². The first-order valence-corrected chi connectivity index (χ1v) is 8.25. The van der Waals surface area contributed by atoms with Crippen LogP contribution in [0.5, 0.6) is 0 Å². The molecule has 1 aliphatic heterocycles. The summed E-state index contributed by atoms with van der Waals surface area (Å²) in [6, 6.07) is 7.23. The number of benzene rings is 1. The topological polar surface area (TPSA) is 73.4 Å². The van der Waals surface area contributed by atoms with Crippen molar-refractivity contribution in [3.8, 4) is 0 Å². The van der Waals surface area contributed by atoms with Crippen LogP contribution in [0.2, 0.25) is 0 Å². The van der Waals surface area contributed by atoms with Gasteiger partial charge in [-0.1, -0.05) is 24.3 Å². The standard InChI is InChI=1S/C17H18F4N4O2/c18-4-7-27-10-12-3-1-2-11(8-12)9-24-5-6-25-16(24)13(15(22)26)14(23-25)17(19,20)21/h1-3,8H,4-7,9-10H2,(H2,22,26). The zero-order valence-corrected chi connectivity index (χ0v) is 14.3. The van der Waals surface area contributed by atoms with Crippen LogP contribution in [-0.2, 0) is 30.6 Å². The zero-order valence-electron chi connectivity index (χ0n) is 14.3. The lowest BCUT2D eigenvalue weighted by molar-refractivity contribution is -0.141. The number of fused-ring (bicyclic) bond motifs is 1. The Labute approximate surface area is 152 Å². The van der Waals surface area contributed by atoms with Gasteiger partial charge in [-0.3, -0.25) is 4.79 Å². The van der Waals surface area contributed by atoms with E-state index in [1.54, 1.807) is 11.0 Å². The molecular formula is C17H18F4N4O2. The molecule has 0 spiro atoms. The third-order valence-electron chi connectivity index (χ3n) is 4.18. The Morgan fingerprint density at radius 3 is 2.67 bits per heavy atom. The first-order valence-electron chi connectivity index (χ1n) is 8.25. The Kier molecular flexibility index (Phi) is 5.36. The summed E-state index contributed by atoms with van der Waals surface area (Å²) in [6.07, 6.45) is -4.76. The predicted molar refractivity (Wildman–Crippen MR) is 88.9 cm³/mol. The summed E-state index contributed by atoms with van der Waals surface area (Å²) in [5.41, 5.74) is 4.97. The molecule has 1 aromatic carbocycles. The molecule has 0 radical (unpaired) electrons. The number of nitrogens with two attached hydrogens (primary N) is 1. The summed E-state index contributed by atoms with van der Waals surface area (Å²) in [5.74, 6) is -1.09. The molecule has 0 bridgehead atoms. The molecule has 1 aliphatic rings. The Hall–Kier alpha value is -2.62. The first kappa shape index (κ1) is 19.2. The monoisotopic (exact) mass is 386 g/mol. The van der Waals surface area contributed by atoms with Crippen LogP contribution in [0.1, 0.15) is 27.2 Å². The molecule has 0 fully saturated rings. The van der Waals surface area contributed by atoms with Crippen molar-refractivity contribution in [2.24, 2.45) is 5.73 Å². The average molecular weight is 386 g/mol. The highest BCUT2D eigenvalue weighted by Crippen LogP contribution is 2.38. The average Bonchev–Trinajstić information content (AvgIpc) is 3.15. The van der Waals surface area contributed by atoms with Gasteiger partial charge in [-0.15, -0.1) is 0 Å². The molecule has 3 rings (SSSR count). The van der Waals surface area contributed by atoms with E-state index in [-0.39, 0.29) is 32.1 Å². The lowest BCUT2D eigenvalue weighted by atomic mass is 10.1. The minimum Gasteiger partial charge on any atom is -0.374 e. The second-order valence-corrected chi connectivity index (χ2v) is 6.12. The Morgan fingerprint density at radius 2 is 2.00 bits per heavy atom. The Morgan fingerprint density at radius 1 is 1.26 bits per heavy atom. The van der Waals surface area contributed by atoms with Crippen molar-refractivity contribution < 1.29 is 27.1 Å². The van der Waals surface area contributed by atoms with E-state index in [1.807, 2.05) is 18.2 Å². The number of alkyl halides is 4. The van der Waals surface area contributed by atoms with E-state index in [4.69, 9.17) is 10.5 Å². The van der Waals surface area contributed by atoms with Crippen molar-refractivity contribution in [3.05, 3.63) is 46.6 Å². The number of amides is 1. The lowest BCUT2D eigenvalue weighted by Crippen LogP contribution is -2.25. The second-order valence-electron chi connectivity index (χ2n) is 6.12. The van der Waals surface area contributed by atoms with Crippen LogP contribution in [-0.4, -0.2) is 35.5 Å². The van der Waals surface area contributed by atoms with E-state index in [9.17, 15) is 22.4 Å². The highest BCUT2D eigenvalue weighted by molar-refractivity contribution is 5.99. The largest absolute Gasteiger partial charge is 0.436 e. The highest BCUT2D eigenvalue weighted by Gasteiger charge is 2.43. The molecule has 0 atom stereocenters. The number of carbonyl (C=O) groups excluding carboxylic acids is 1. The van der Waals surface area contributed by atoms with Crippen LogP contribution in [0.3, 0.4) is 0 Å². The summed E-state index contributed by atoms with van der Waals surface area (Å²) >= 11 is 0. The van der Waals surface area contributed by atoms with Gasteiger partial charge in [0, 0.05) is 13.1 Å². The van der Waals surface area contributed by atoms with Gasteiger partial charge in [-0.05, 0) is 11.1 Å². The number of anilines is 1. The third kappa shape index (κ3) is 4.05. The summed E-state index contributed by atoms with van der Waals surface area (Å²) in [7, 11) is 0. The number of ether oxygens (including phenoxy) is 1. The van der Waals surface area contributed by atoms with E-state index >= 15 is 0 Å². The van der Waals surface area contributed by atoms with Crippen molar-refractivity contribution in [1.82, 2.24) is 9.78 Å². The van der Waals surface area contributed by atoms with Gasteiger partial charge in [0.2, 0.25) is 0 Å². The molecule has 0 saturated heterocycles. The van der Waals surface area contributed by atoms with Crippen LogP contribution in [0.4, 0.5) is 23.4 Å². The molecule has 6 nitrogen and oxygen atoms in total. The van der Waals surface area contributed by atoms with Crippen LogP contribution >= 0.6 is 0 Å². The first-order chi connectivity index (χ1) is 12.8. The van der Waals surface area contributed by atoms with Gasteiger partial charge in [-0.25, -0.2) is 9.07 Å². The van der Waals surface area contributed by atoms with Gasteiger partial charge in [-0.2, -0.15) is 18.3 Å². The fourth-order valence-electron chi connectivity index (χ4n) is 3.11. The molecule has 2 N–H and O–H groups in total. The molecule has 27 heavy (non-hydrogen) atoms. The maximum atomic E-state index is 13.2. The maximum Gasteiger partial charge on any atom is 0.436 e. The lowest BCUT2D eigenvalue weighted by Gasteiger charge is -2.19. The summed E-state index contributed by atoms with van der Waals surface area (Å²) < 4.78 is 58.0. The number of carbonyl (C=O) groups is 1. The Balaban J connectivity index is 1.85. The van der Waals surface area contributed by atoms with E-state index in [0.717, 1.165) is 15.8 Å². The Bertz CT molecular complexity index is 835. The minimum atomic E-state index is -4.76. The maximum absolute atomic E-state index is 13.2. The quantitative estimate of drug-likeness (QED) is 0.586. The van der Waals surface area contributed by atoms with Crippen molar-refractivity contribution in [1.29, 1.82) is 0 Å². The van der Waals surface area contributed by atoms with Crippen molar-refractivity contribution in [2.75, 3.05) is 24.7 Å². The number of hydrogen-bond donors (Lipinski definition) is 1. The van der Waals surface area contributed by atoms with Crippen molar-refractivity contribution in [3.63, 3.8) is 0 Å². The summed E-state index contributed by atoms with van der Waals surface area (Å²) in [4.78, 5) is 13.3. The number of rotatable bonds is 7. The SMILES string of the molecule is NC(=O)c1c(C(F)(F)F)nn2c1N(Cc1cccc(COCCF)c1)CC2. The normalized spacial score (nSPS) is 13.9. The smallest absolute Gasteiger partial charge is 0.374 e. The fourth-order valence-corrected chi connectivity index (χ4v) is 3.11. The van der Waals surface area contributed by atoms with E-state index in [2.05, 4.69) is 5.10 Å². The number of halogens is 4. The van der Waals surface area contributed by atoms with Gasteiger partial charge in [0.05, 0.1) is 19.8 Å². The van der Waals surface area contributed by atoms with Gasteiger partial charge < -0.3 is 15.4 Å². The van der Waals surface area contributed by atoms with E-state index in [0.29, 0.717) is 6.54 Å². The molecule has 2 aromatic rings. The number of hydrogen-bond acceptors (Lipinski definition) is 4. The second kappa shape index (κ2) is 7.55. The molecule has 10 heteroatoms. The van der Waals surface area contributed by atoms with Crippen LogP contribution in [0, 0.1) is 0 Å². The molecule has 0 unspecified atom stereocenters. The minimum absolute atomic E-state index is 0.00225. The van der Waals surface area contributed by atoms with Crippen LogP contribution in [0.25, 0.3) is 0 Å². The summed E-state index contributed by atoms with van der Waals surface area (Å²) in [6.45, 7) is 0.571. The number of nitrogens with zero attached hydrogens (tertiary/aromatic N) is 3. The molecule has 0 aliphatic carbocycles. The number of primary amides is 1. The molecule has 1 aromatic heterocycles. The van der Waals surface area contributed by atoms with Crippen molar-refractivity contribution >= 4 is 11.7 Å². The molecule has 1 amide bonds. The van der Waals surface area contributed by atoms with Crippen LogP contribution < -0.4 is 10.6 Å².